The van der Waals surface area contributed by atoms with Gasteiger partial charge < -0.3 is 15.9 Å². The van der Waals surface area contributed by atoms with Gasteiger partial charge in [0.15, 0.2) is 0 Å². The number of hydrogen-bond donors (Lipinski definition) is 3. The summed E-state index contributed by atoms with van der Waals surface area (Å²) < 4.78 is 41.4. The highest BCUT2D eigenvalue weighted by molar-refractivity contribution is 5.56. The van der Waals surface area contributed by atoms with E-state index in [1.165, 1.54) is 0 Å². The first-order valence-corrected chi connectivity index (χ1v) is 6.51. The summed E-state index contributed by atoms with van der Waals surface area (Å²) >= 11 is 0. The van der Waals surface area contributed by atoms with Gasteiger partial charge in [0.05, 0.1) is 6.61 Å². The van der Waals surface area contributed by atoms with Gasteiger partial charge >= 0.3 is 0 Å². The first-order valence-electron chi connectivity index (χ1n) is 6.51. The van der Waals surface area contributed by atoms with Crippen LogP contribution in [0.5, 0.6) is 0 Å². The molecule has 1 unspecified atom stereocenters. The van der Waals surface area contributed by atoms with Crippen LogP contribution < -0.4 is 5.73 Å². The maximum atomic E-state index is 13.8. The van der Waals surface area contributed by atoms with Crippen LogP contribution in [-0.4, -0.2) is 16.1 Å². The van der Waals surface area contributed by atoms with Crippen molar-refractivity contribution >= 4 is 5.69 Å². The van der Waals surface area contributed by atoms with E-state index in [4.69, 9.17) is 10.8 Å². The van der Waals surface area contributed by atoms with Crippen LogP contribution in [0.3, 0.4) is 0 Å². The number of anilines is 1. The molecule has 0 saturated heterocycles. The average Bonchev–Trinajstić information content (AvgIpc) is 3.21. The van der Waals surface area contributed by atoms with E-state index in [1.807, 2.05) is 0 Å². The summed E-state index contributed by atoms with van der Waals surface area (Å²) in [7, 11) is 0. The minimum absolute atomic E-state index is 0.0124. The minimum Gasteiger partial charge on any atom is -0.398 e. The molecule has 1 aromatic carbocycles. The van der Waals surface area contributed by atoms with Crippen LogP contribution >= 0.6 is 0 Å². The van der Waals surface area contributed by atoms with Crippen molar-refractivity contribution in [1.82, 2.24) is 0 Å². The maximum absolute atomic E-state index is 13.8. The van der Waals surface area contributed by atoms with Crippen molar-refractivity contribution in [2.24, 2.45) is 5.92 Å². The van der Waals surface area contributed by atoms with Gasteiger partial charge in [0, 0.05) is 29.7 Å². The smallest absolute Gasteiger partial charge is 0.289 e. The molecule has 0 aromatic heterocycles. The zero-order chi connectivity index (χ0) is 15.8. The van der Waals surface area contributed by atoms with Crippen LogP contribution in [0.4, 0.5) is 18.9 Å². The molecule has 0 aliphatic heterocycles. The Morgan fingerprint density at radius 3 is 2.48 bits per heavy atom. The summed E-state index contributed by atoms with van der Waals surface area (Å²) in [6.45, 7) is -0.114. The molecule has 4 N–H and O–H groups in total. The van der Waals surface area contributed by atoms with Crippen molar-refractivity contribution in [3.63, 3.8) is 0 Å². The van der Waals surface area contributed by atoms with Crippen LogP contribution in [0, 0.1) is 23.6 Å². The van der Waals surface area contributed by atoms with Gasteiger partial charge in [-0.05, 0) is 25.0 Å². The largest absolute Gasteiger partial charge is 0.398 e. The topological polar surface area (TPSA) is 66.5 Å². The maximum Gasteiger partial charge on any atom is 0.289 e. The summed E-state index contributed by atoms with van der Waals surface area (Å²) in [5.41, 5.74) is 1.90. The number of aliphatic hydroxyl groups is 2. The first-order chi connectivity index (χ1) is 9.69. The standard InChI is InChI=1S/C15H16F3NO2/c1-14(17,18)15(21,5-4-9-2-3-9)11-7-12(16)10(8-20)6-13(11)19/h6-7,9,20-21H,2-3,8,19H2,1H3. The zero-order valence-electron chi connectivity index (χ0n) is 11.5. The molecule has 1 aliphatic rings. The molecule has 6 heteroatoms. The third kappa shape index (κ3) is 2.99. The highest BCUT2D eigenvalue weighted by Crippen LogP contribution is 2.41. The van der Waals surface area contributed by atoms with E-state index in [1.54, 1.807) is 0 Å². The molecular formula is C15H16F3NO2. The van der Waals surface area contributed by atoms with Crippen molar-refractivity contribution < 1.29 is 23.4 Å². The lowest BCUT2D eigenvalue weighted by Crippen LogP contribution is -2.42. The van der Waals surface area contributed by atoms with Crippen molar-refractivity contribution in [2.75, 3.05) is 5.73 Å². The molecule has 21 heavy (non-hydrogen) atoms. The van der Waals surface area contributed by atoms with E-state index >= 15 is 0 Å². The summed E-state index contributed by atoms with van der Waals surface area (Å²) in [6.07, 6.45) is 1.59. The Bertz CT molecular complexity index is 612. The molecule has 1 atom stereocenters. The lowest BCUT2D eigenvalue weighted by atomic mass is 9.86. The van der Waals surface area contributed by atoms with E-state index in [0.29, 0.717) is 13.0 Å². The fourth-order valence-corrected chi connectivity index (χ4v) is 1.92. The Morgan fingerprint density at radius 2 is 2.00 bits per heavy atom. The molecule has 1 fully saturated rings. The predicted molar refractivity (Wildman–Crippen MR) is 71.8 cm³/mol. The normalized spacial score (nSPS) is 17.8. The summed E-state index contributed by atoms with van der Waals surface area (Å²) in [6, 6.07) is 1.74. The summed E-state index contributed by atoms with van der Waals surface area (Å²) in [4.78, 5) is 0. The number of hydrogen-bond acceptors (Lipinski definition) is 3. The molecule has 3 nitrogen and oxygen atoms in total. The molecule has 114 valence electrons. The highest BCUT2D eigenvalue weighted by atomic mass is 19.3. The number of halogens is 3. The number of aliphatic hydroxyl groups excluding tert-OH is 1. The van der Waals surface area contributed by atoms with Gasteiger partial charge in [-0.15, -0.1) is 0 Å². The van der Waals surface area contributed by atoms with Gasteiger partial charge in [-0.25, -0.2) is 13.2 Å². The number of nitrogens with two attached hydrogens (primary N) is 1. The molecule has 0 amide bonds. The van der Waals surface area contributed by atoms with E-state index in [9.17, 15) is 18.3 Å². The molecule has 0 spiro atoms. The van der Waals surface area contributed by atoms with Crippen LogP contribution in [-0.2, 0) is 12.2 Å². The predicted octanol–water partition coefficient (Wildman–Crippen LogP) is 2.16. The Morgan fingerprint density at radius 1 is 1.38 bits per heavy atom. The van der Waals surface area contributed by atoms with Crippen LogP contribution in [0.2, 0.25) is 0 Å². The number of benzene rings is 1. The number of rotatable bonds is 3. The second-order valence-electron chi connectivity index (χ2n) is 5.33. The Hall–Kier alpha value is -1.71. The monoisotopic (exact) mass is 299 g/mol. The molecule has 0 heterocycles. The second-order valence-corrected chi connectivity index (χ2v) is 5.33. The third-order valence-electron chi connectivity index (χ3n) is 3.45. The molecule has 1 aromatic rings. The van der Waals surface area contributed by atoms with Gasteiger partial charge in [-0.1, -0.05) is 11.8 Å². The molecule has 0 radical (unpaired) electrons. The Kier molecular flexibility index (Phi) is 3.91. The van der Waals surface area contributed by atoms with Crippen molar-refractivity contribution in [1.29, 1.82) is 0 Å². The average molecular weight is 299 g/mol. The number of nitrogen functional groups attached to an aromatic ring is 1. The van der Waals surface area contributed by atoms with Crippen LogP contribution in [0.15, 0.2) is 12.1 Å². The van der Waals surface area contributed by atoms with E-state index in [2.05, 4.69) is 11.8 Å². The van der Waals surface area contributed by atoms with E-state index < -0.39 is 29.5 Å². The van der Waals surface area contributed by atoms with Gasteiger partial charge in [-0.3, -0.25) is 0 Å². The highest BCUT2D eigenvalue weighted by Gasteiger charge is 2.50. The van der Waals surface area contributed by atoms with Gasteiger partial charge in [0.2, 0.25) is 5.60 Å². The summed E-state index contributed by atoms with van der Waals surface area (Å²) in [5, 5.41) is 19.3. The molecule has 2 rings (SSSR count). The van der Waals surface area contributed by atoms with Crippen molar-refractivity contribution in [3.05, 3.63) is 29.1 Å². The van der Waals surface area contributed by atoms with Gasteiger partial charge in [0.25, 0.3) is 5.92 Å². The minimum atomic E-state index is -3.63. The first kappa shape index (κ1) is 15.7. The third-order valence-corrected chi connectivity index (χ3v) is 3.45. The van der Waals surface area contributed by atoms with Gasteiger partial charge in [-0.2, -0.15) is 0 Å². The van der Waals surface area contributed by atoms with E-state index in [0.717, 1.165) is 18.9 Å². The summed E-state index contributed by atoms with van der Waals surface area (Å²) in [5.74, 6) is 0.176. The van der Waals surface area contributed by atoms with Crippen LogP contribution in [0.25, 0.3) is 0 Å². The Balaban J connectivity index is 2.57. The fourth-order valence-electron chi connectivity index (χ4n) is 1.92. The quantitative estimate of drug-likeness (QED) is 0.592. The van der Waals surface area contributed by atoms with Crippen LogP contribution in [0.1, 0.15) is 30.9 Å². The molecular weight excluding hydrogens is 283 g/mol. The van der Waals surface area contributed by atoms with E-state index in [-0.39, 0.29) is 17.2 Å². The lowest BCUT2D eigenvalue weighted by Gasteiger charge is -2.30. The molecule has 1 saturated carbocycles. The SMILES string of the molecule is CC(F)(F)C(O)(C#CC1CC1)c1cc(F)c(CO)cc1N. The second kappa shape index (κ2) is 5.24. The fraction of sp³-hybridized carbons (Fsp3) is 0.467. The van der Waals surface area contributed by atoms with Crippen molar-refractivity contribution in [2.45, 2.75) is 37.9 Å². The molecule has 1 aliphatic carbocycles. The zero-order valence-corrected chi connectivity index (χ0v) is 11.5. The van der Waals surface area contributed by atoms with Gasteiger partial charge in [0.1, 0.15) is 5.82 Å². The van der Waals surface area contributed by atoms with Crippen molar-refractivity contribution in [3.8, 4) is 11.8 Å². The molecule has 0 bridgehead atoms. The Labute approximate surface area is 120 Å². The number of alkyl halides is 2. The lowest BCUT2D eigenvalue weighted by molar-refractivity contribution is -0.140.